The fraction of sp³-hybridized carbons (Fsp3) is 0.750. The van der Waals surface area contributed by atoms with Crippen molar-refractivity contribution >= 4 is 11.3 Å². The van der Waals surface area contributed by atoms with E-state index in [2.05, 4.69) is 38.4 Å². The van der Waals surface area contributed by atoms with Gasteiger partial charge >= 0.3 is 0 Å². The van der Waals surface area contributed by atoms with Gasteiger partial charge in [-0.3, -0.25) is 0 Å². The van der Waals surface area contributed by atoms with Crippen LogP contribution in [-0.4, -0.2) is 12.0 Å². The summed E-state index contributed by atoms with van der Waals surface area (Å²) in [6, 6.07) is 0.410. The van der Waals surface area contributed by atoms with Gasteiger partial charge in [-0.05, 0) is 18.9 Å². The summed E-state index contributed by atoms with van der Waals surface area (Å²) in [5.74, 6) is 1.17. The molecule has 1 heterocycles. The summed E-state index contributed by atoms with van der Waals surface area (Å²) >= 11 is 1.78. The summed E-state index contributed by atoms with van der Waals surface area (Å²) in [6.45, 7) is 8.89. The van der Waals surface area contributed by atoms with Crippen molar-refractivity contribution in [1.29, 1.82) is 0 Å². The first-order valence-electron chi connectivity index (χ1n) is 5.72. The maximum absolute atomic E-state index is 4.71. The van der Waals surface area contributed by atoms with E-state index < -0.39 is 0 Å². The number of hydrogen-bond acceptors (Lipinski definition) is 3. The predicted octanol–water partition coefficient (Wildman–Crippen LogP) is 3.57. The van der Waals surface area contributed by atoms with Crippen molar-refractivity contribution in [2.45, 2.75) is 46.1 Å². The highest BCUT2D eigenvalue weighted by atomic mass is 32.1. The Kier molecular flexibility index (Phi) is 4.74. The molecule has 3 heteroatoms. The molecule has 1 aromatic heterocycles. The first-order chi connectivity index (χ1) is 7.10. The lowest BCUT2D eigenvalue weighted by Crippen LogP contribution is -2.23. The first kappa shape index (κ1) is 12.7. The van der Waals surface area contributed by atoms with E-state index >= 15 is 0 Å². The summed E-state index contributed by atoms with van der Waals surface area (Å²) in [4.78, 5) is 4.71. The fourth-order valence-corrected chi connectivity index (χ4v) is 2.82. The molecule has 0 saturated carbocycles. The Morgan fingerprint density at radius 3 is 2.47 bits per heavy atom. The van der Waals surface area contributed by atoms with Crippen LogP contribution in [0.25, 0.3) is 0 Å². The topological polar surface area (TPSA) is 24.9 Å². The summed E-state index contributed by atoms with van der Waals surface area (Å²) in [5, 5.41) is 6.79. The van der Waals surface area contributed by atoms with Crippen LogP contribution < -0.4 is 5.32 Å². The molecule has 2 nitrogen and oxygen atoms in total. The molecule has 1 aromatic rings. The van der Waals surface area contributed by atoms with E-state index in [1.54, 1.807) is 11.3 Å². The van der Waals surface area contributed by atoms with E-state index in [-0.39, 0.29) is 0 Å². The normalized spacial score (nSPS) is 15.6. The van der Waals surface area contributed by atoms with Gasteiger partial charge in [0.25, 0.3) is 0 Å². The summed E-state index contributed by atoms with van der Waals surface area (Å²) in [5.41, 5.74) is 1.22. The highest BCUT2D eigenvalue weighted by Crippen LogP contribution is 2.28. The van der Waals surface area contributed by atoms with Gasteiger partial charge < -0.3 is 5.32 Å². The van der Waals surface area contributed by atoms with Crippen LogP contribution in [0.15, 0.2) is 5.38 Å². The Labute approximate surface area is 97.1 Å². The van der Waals surface area contributed by atoms with Crippen molar-refractivity contribution in [2.24, 2.45) is 5.92 Å². The lowest BCUT2D eigenvalue weighted by Gasteiger charge is -2.19. The van der Waals surface area contributed by atoms with Crippen LogP contribution >= 0.6 is 11.3 Å². The third-order valence-corrected chi connectivity index (χ3v) is 3.87. The number of hydrogen-bond donors (Lipinski definition) is 1. The van der Waals surface area contributed by atoms with Crippen LogP contribution in [0.5, 0.6) is 0 Å². The molecule has 86 valence electrons. The average molecular weight is 226 g/mol. The first-order valence-corrected chi connectivity index (χ1v) is 6.60. The molecule has 1 N–H and O–H groups in total. The van der Waals surface area contributed by atoms with Gasteiger partial charge in [-0.2, -0.15) is 0 Å². The number of rotatable bonds is 5. The number of nitrogens with zero attached hydrogens (tertiary/aromatic N) is 1. The maximum Gasteiger partial charge on any atom is 0.110 e. The molecule has 0 aliphatic carbocycles. The van der Waals surface area contributed by atoms with E-state index in [1.165, 1.54) is 17.1 Å². The molecule has 2 unspecified atom stereocenters. The molecular weight excluding hydrogens is 204 g/mol. The van der Waals surface area contributed by atoms with Crippen LogP contribution in [-0.2, 0) is 0 Å². The largest absolute Gasteiger partial charge is 0.311 e. The molecule has 15 heavy (non-hydrogen) atoms. The van der Waals surface area contributed by atoms with Crippen LogP contribution in [0.2, 0.25) is 0 Å². The quantitative estimate of drug-likeness (QED) is 0.830. The van der Waals surface area contributed by atoms with Gasteiger partial charge in [0.15, 0.2) is 0 Å². The Morgan fingerprint density at radius 2 is 2.07 bits per heavy atom. The Balaban J connectivity index is 2.83. The average Bonchev–Trinajstić information content (AvgIpc) is 2.68. The minimum Gasteiger partial charge on any atom is -0.311 e. The molecule has 0 aliphatic heterocycles. The van der Waals surface area contributed by atoms with Crippen LogP contribution in [0, 0.1) is 5.92 Å². The standard InChI is InChI=1S/C12H22N2S/c1-6-9(4)11(13-5)12-14-10(7-15-12)8(2)3/h7-9,11,13H,6H2,1-5H3. The third-order valence-electron chi connectivity index (χ3n) is 2.92. The lowest BCUT2D eigenvalue weighted by molar-refractivity contribution is 0.398. The van der Waals surface area contributed by atoms with Crippen molar-refractivity contribution in [3.63, 3.8) is 0 Å². The van der Waals surface area contributed by atoms with Crippen molar-refractivity contribution in [1.82, 2.24) is 10.3 Å². The van der Waals surface area contributed by atoms with E-state index in [4.69, 9.17) is 4.98 Å². The lowest BCUT2D eigenvalue weighted by atomic mass is 10.00. The fourth-order valence-electron chi connectivity index (χ4n) is 1.60. The van der Waals surface area contributed by atoms with Gasteiger partial charge in [0.1, 0.15) is 5.01 Å². The van der Waals surface area contributed by atoms with Gasteiger partial charge in [0.2, 0.25) is 0 Å². The SMILES string of the molecule is CCC(C)C(NC)c1nc(C(C)C)cs1. The van der Waals surface area contributed by atoms with Gasteiger partial charge in [-0.1, -0.05) is 34.1 Å². The predicted molar refractivity (Wildman–Crippen MR) is 67.5 cm³/mol. The molecule has 0 aliphatic rings. The highest BCUT2D eigenvalue weighted by Gasteiger charge is 2.19. The highest BCUT2D eigenvalue weighted by molar-refractivity contribution is 7.09. The Morgan fingerprint density at radius 1 is 1.40 bits per heavy atom. The third kappa shape index (κ3) is 3.02. The molecule has 0 fully saturated rings. The molecule has 0 spiro atoms. The summed E-state index contributed by atoms with van der Waals surface area (Å²) in [7, 11) is 2.02. The zero-order chi connectivity index (χ0) is 11.4. The van der Waals surface area contributed by atoms with Crippen LogP contribution in [0.3, 0.4) is 0 Å². The van der Waals surface area contributed by atoms with Crippen molar-refractivity contribution in [3.8, 4) is 0 Å². The monoisotopic (exact) mass is 226 g/mol. The second-order valence-corrected chi connectivity index (χ2v) is 5.31. The van der Waals surface area contributed by atoms with Crippen molar-refractivity contribution in [3.05, 3.63) is 16.1 Å². The van der Waals surface area contributed by atoms with E-state index in [0.29, 0.717) is 17.9 Å². The molecule has 0 aromatic carbocycles. The minimum absolute atomic E-state index is 0.410. The molecule has 1 rings (SSSR count). The van der Waals surface area contributed by atoms with Gasteiger partial charge in [0, 0.05) is 5.38 Å². The van der Waals surface area contributed by atoms with Gasteiger partial charge in [-0.25, -0.2) is 4.98 Å². The molecule has 0 amide bonds. The number of aromatic nitrogens is 1. The van der Waals surface area contributed by atoms with Crippen molar-refractivity contribution in [2.75, 3.05) is 7.05 Å². The van der Waals surface area contributed by atoms with Crippen LogP contribution in [0.1, 0.15) is 56.8 Å². The van der Waals surface area contributed by atoms with Crippen molar-refractivity contribution < 1.29 is 0 Å². The summed E-state index contributed by atoms with van der Waals surface area (Å²) in [6.07, 6.45) is 1.18. The molecule has 0 radical (unpaired) electrons. The van der Waals surface area contributed by atoms with Crippen LogP contribution in [0.4, 0.5) is 0 Å². The molecule has 2 atom stereocenters. The number of nitrogens with one attached hydrogen (secondary N) is 1. The molecule has 0 saturated heterocycles. The second-order valence-electron chi connectivity index (χ2n) is 4.42. The summed E-state index contributed by atoms with van der Waals surface area (Å²) < 4.78 is 0. The zero-order valence-electron chi connectivity index (χ0n) is 10.4. The molecule has 0 bridgehead atoms. The smallest absolute Gasteiger partial charge is 0.110 e. The Hall–Kier alpha value is -0.410. The number of thiazole rings is 1. The van der Waals surface area contributed by atoms with E-state index in [1.807, 2.05) is 7.05 Å². The zero-order valence-corrected chi connectivity index (χ0v) is 11.2. The minimum atomic E-state index is 0.410. The molecular formula is C12H22N2S. The maximum atomic E-state index is 4.71. The van der Waals surface area contributed by atoms with Gasteiger partial charge in [-0.15, -0.1) is 11.3 Å². The van der Waals surface area contributed by atoms with E-state index in [9.17, 15) is 0 Å². The Bertz CT molecular complexity index is 294. The van der Waals surface area contributed by atoms with Gasteiger partial charge in [0.05, 0.1) is 11.7 Å². The second kappa shape index (κ2) is 5.61. The van der Waals surface area contributed by atoms with E-state index in [0.717, 1.165) is 0 Å².